The zero-order valence-corrected chi connectivity index (χ0v) is 21.6. The van der Waals surface area contributed by atoms with E-state index in [1.165, 1.54) is 16.7 Å². The number of aliphatic hydroxyl groups excluding tert-OH is 1. The fraction of sp³-hybridized carbons (Fsp3) is 0.360. The number of carboxylic acid groups (broad SMARTS) is 1. The van der Waals surface area contributed by atoms with Crippen molar-refractivity contribution in [3.05, 3.63) is 63.4 Å². The molecule has 1 heterocycles. The van der Waals surface area contributed by atoms with Crippen molar-refractivity contribution in [3.63, 3.8) is 0 Å². The molecule has 1 unspecified atom stereocenters. The minimum absolute atomic E-state index is 0.00898. The maximum absolute atomic E-state index is 14.8. The quantitative estimate of drug-likeness (QED) is 0.329. The number of nitrogens with zero attached hydrogens (tertiary/aromatic N) is 3. The summed E-state index contributed by atoms with van der Waals surface area (Å²) >= 11 is 6.26. The lowest BCUT2D eigenvalue weighted by atomic mass is 10.0. The molecule has 0 saturated carbocycles. The monoisotopic (exact) mass is 533 g/mol. The number of carbonyl (C=O) groups is 2. The van der Waals surface area contributed by atoms with Crippen LogP contribution in [0.25, 0.3) is 16.6 Å². The topological polar surface area (TPSA) is 137 Å². The minimum atomic E-state index is -1.25. The van der Waals surface area contributed by atoms with E-state index in [9.17, 15) is 23.9 Å². The summed E-state index contributed by atoms with van der Waals surface area (Å²) in [6, 6.07) is 7.13. The van der Waals surface area contributed by atoms with Crippen molar-refractivity contribution in [2.45, 2.75) is 45.7 Å². The molecule has 0 aliphatic rings. The number of anilines is 1. The molecule has 1 atom stereocenters. The maximum atomic E-state index is 14.8. The van der Waals surface area contributed by atoms with E-state index in [1.54, 1.807) is 45.9 Å². The molecule has 0 fully saturated rings. The Kier molecular flexibility index (Phi) is 8.39. The molecule has 198 valence electrons. The normalized spacial score (nSPS) is 12.3. The molecule has 12 heteroatoms. The van der Waals surface area contributed by atoms with Gasteiger partial charge in [-0.05, 0) is 64.4 Å². The lowest BCUT2D eigenvalue weighted by molar-refractivity contribution is 0.0719. The highest BCUT2D eigenvalue weighted by molar-refractivity contribution is 6.35. The van der Waals surface area contributed by atoms with Gasteiger partial charge >= 0.3 is 12.1 Å². The molecule has 37 heavy (non-hydrogen) atoms. The zero-order chi connectivity index (χ0) is 27.5. The summed E-state index contributed by atoms with van der Waals surface area (Å²) < 4.78 is 16.0. The third-order valence-electron chi connectivity index (χ3n) is 5.62. The fourth-order valence-electron chi connectivity index (χ4n) is 4.09. The Morgan fingerprint density at radius 3 is 2.57 bits per heavy atom. The number of carbonyl (C=O) groups excluding carboxylic acids is 1. The number of nitrogens with one attached hydrogen (secondary N) is 2. The van der Waals surface area contributed by atoms with Crippen molar-refractivity contribution >= 4 is 40.3 Å². The highest BCUT2D eigenvalue weighted by atomic mass is 35.5. The Labute approximate surface area is 217 Å². The highest BCUT2D eigenvalue weighted by Crippen LogP contribution is 2.31. The predicted octanol–water partition coefficient (Wildman–Crippen LogP) is 4.52. The fourth-order valence-corrected chi connectivity index (χ4v) is 4.33. The van der Waals surface area contributed by atoms with Crippen molar-refractivity contribution < 1.29 is 24.2 Å². The number of aromatic nitrogens is 2. The van der Waals surface area contributed by atoms with Crippen LogP contribution in [0.1, 0.15) is 46.0 Å². The molecule has 0 bridgehead atoms. The van der Waals surface area contributed by atoms with E-state index in [4.69, 9.17) is 16.7 Å². The first-order valence-corrected chi connectivity index (χ1v) is 11.9. The number of fused-ring (bicyclic) bond motifs is 1. The van der Waals surface area contributed by atoms with Crippen molar-refractivity contribution in [2.24, 2.45) is 0 Å². The van der Waals surface area contributed by atoms with E-state index in [1.807, 2.05) is 0 Å². The Bertz CT molecular complexity index is 1390. The van der Waals surface area contributed by atoms with E-state index < -0.39 is 35.1 Å². The first-order chi connectivity index (χ1) is 17.4. The van der Waals surface area contributed by atoms with Crippen LogP contribution in [-0.2, 0) is 0 Å². The van der Waals surface area contributed by atoms with Gasteiger partial charge in [0.1, 0.15) is 17.2 Å². The van der Waals surface area contributed by atoms with E-state index in [0.29, 0.717) is 12.1 Å². The van der Waals surface area contributed by atoms with Crippen LogP contribution in [0.3, 0.4) is 0 Å². The number of benzene rings is 2. The van der Waals surface area contributed by atoms with Gasteiger partial charge in [-0.2, -0.15) is 0 Å². The zero-order valence-electron chi connectivity index (χ0n) is 20.9. The summed E-state index contributed by atoms with van der Waals surface area (Å²) in [5.74, 6) is -0.801. The molecule has 4 N–H and O–H groups in total. The molecule has 0 aliphatic heterocycles. The average molecular weight is 534 g/mol. The van der Waals surface area contributed by atoms with E-state index in [0.717, 1.165) is 11.0 Å². The summed E-state index contributed by atoms with van der Waals surface area (Å²) in [5.41, 5.74) is -1.26. The third-order valence-corrected chi connectivity index (χ3v) is 5.94. The smallest absolute Gasteiger partial charge is 0.408 e. The first kappa shape index (κ1) is 27.9. The van der Waals surface area contributed by atoms with Crippen molar-refractivity contribution in [1.82, 2.24) is 19.8 Å². The van der Waals surface area contributed by atoms with Crippen LogP contribution in [0.5, 0.6) is 0 Å². The standard InChI is InChI=1S/C25H29ClFN5O5/c1-14(32(24(36)37)25(2,3)4)21-30-20-18(27)10-9-17(26)19(20)22(34)31(21)16-8-5-7-15(13-16)29-23(35)28-11-6-12-33/h5,7-10,13-14,33H,6,11-12H2,1-4H3,(H,36,37)(H2,28,29,35). The van der Waals surface area contributed by atoms with E-state index >= 15 is 0 Å². The number of hydrogen-bond donors (Lipinski definition) is 4. The van der Waals surface area contributed by atoms with Crippen LogP contribution < -0.4 is 16.2 Å². The Balaban J connectivity index is 2.24. The van der Waals surface area contributed by atoms with Crippen LogP contribution in [-0.4, -0.2) is 55.5 Å². The third kappa shape index (κ3) is 6.00. The SMILES string of the molecule is CC(c1nc2c(F)ccc(Cl)c2c(=O)n1-c1cccc(NC(=O)NCCCO)c1)N(C(=O)O)C(C)(C)C. The summed E-state index contributed by atoms with van der Waals surface area (Å²) in [4.78, 5) is 43.7. The molecule has 0 radical (unpaired) electrons. The molecule has 10 nitrogen and oxygen atoms in total. The average Bonchev–Trinajstić information content (AvgIpc) is 2.80. The highest BCUT2D eigenvalue weighted by Gasteiger charge is 2.35. The van der Waals surface area contributed by atoms with Crippen molar-refractivity contribution in [1.29, 1.82) is 0 Å². The second kappa shape index (κ2) is 11.1. The predicted molar refractivity (Wildman–Crippen MR) is 139 cm³/mol. The molecule has 2 aromatic carbocycles. The van der Waals surface area contributed by atoms with Crippen LogP contribution in [0.4, 0.5) is 19.7 Å². The molecule has 1 aromatic heterocycles. The number of urea groups is 1. The van der Waals surface area contributed by atoms with Crippen LogP contribution in [0.2, 0.25) is 5.02 Å². The first-order valence-electron chi connectivity index (χ1n) is 11.6. The van der Waals surface area contributed by atoms with Gasteiger partial charge < -0.3 is 20.8 Å². The van der Waals surface area contributed by atoms with Gasteiger partial charge in [-0.15, -0.1) is 0 Å². The molecule has 0 spiro atoms. The van der Waals surface area contributed by atoms with Gasteiger partial charge in [-0.3, -0.25) is 14.3 Å². The Morgan fingerprint density at radius 1 is 1.24 bits per heavy atom. The summed E-state index contributed by atoms with van der Waals surface area (Å²) in [6.45, 7) is 6.83. The van der Waals surface area contributed by atoms with Gasteiger partial charge in [-0.1, -0.05) is 17.7 Å². The molecule has 3 rings (SSSR count). The van der Waals surface area contributed by atoms with Gasteiger partial charge in [0.25, 0.3) is 5.56 Å². The molecule has 3 aromatic rings. The number of aliphatic hydroxyl groups is 1. The lowest BCUT2D eigenvalue weighted by Gasteiger charge is -2.38. The molecule has 0 aliphatic carbocycles. The minimum Gasteiger partial charge on any atom is -0.465 e. The number of amides is 3. The van der Waals surface area contributed by atoms with Gasteiger partial charge in [0.2, 0.25) is 0 Å². The largest absolute Gasteiger partial charge is 0.465 e. The van der Waals surface area contributed by atoms with Crippen LogP contribution in [0, 0.1) is 5.82 Å². The van der Waals surface area contributed by atoms with Crippen LogP contribution in [0.15, 0.2) is 41.2 Å². The second-order valence-corrected chi connectivity index (χ2v) is 9.78. The van der Waals surface area contributed by atoms with Crippen molar-refractivity contribution in [3.8, 4) is 5.69 Å². The van der Waals surface area contributed by atoms with E-state index in [-0.39, 0.29) is 40.6 Å². The number of hydrogen-bond acceptors (Lipinski definition) is 5. The Hall–Kier alpha value is -3.70. The van der Waals surface area contributed by atoms with Gasteiger partial charge in [0, 0.05) is 24.4 Å². The maximum Gasteiger partial charge on any atom is 0.408 e. The molecular weight excluding hydrogens is 505 g/mol. The summed E-state index contributed by atoms with van der Waals surface area (Å²) in [6.07, 6.45) is -0.861. The summed E-state index contributed by atoms with van der Waals surface area (Å²) in [7, 11) is 0. The molecule has 3 amide bonds. The summed E-state index contributed by atoms with van der Waals surface area (Å²) in [5, 5.41) is 23.9. The number of rotatable bonds is 7. The van der Waals surface area contributed by atoms with Gasteiger partial charge in [0.15, 0.2) is 0 Å². The van der Waals surface area contributed by atoms with Crippen LogP contribution >= 0.6 is 11.6 Å². The second-order valence-electron chi connectivity index (χ2n) is 9.37. The van der Waals surface area contributed by atoms with E-state index in [2.05, 4.69) is 15.6 Å². The van der Waals surface area contributed by atoms with Gasteiger partial charge in [-0.25, -0.2) is 19.0 Å². The molecule has 0 saturated heterocycles. The van der Waals surface area contributed by atoms with Gasteiger partial charge in [0.05, 0.1) is 22.1 Å². The Morgan fingerprint density at radius 2 is 1.95 bits per heavy atom. The lowest BCUT2D eigenvalue weighted by Crippen LogP contribution is -2.47. The number of halogens is 2. The molecular formula is C25H29ClFN5O5. The van der Waals surface area contributed by atoms with Crippen molar-refractivity contribution in [2.75, 3.05) is 18.5 Å².